The number of nitriles is 1. The van der Waals surface area contributed by atoms with Crippen LogP contribution in [0.5, 0.6) is 11.5 Å². The number of H-pyrrole nitrogens is 1. The van der Waals surface area contributed by atoms with Crippen LogP contribution in [0, 0.1) is 11.3 Å². The molecule has 6 nitrogen and oxygen atoms in total. The molecule has 0 aliphatic heterocycles. The highest BCUT2D eigenvalue weighted by molar-refractivity contribution is 6.20. The molecule has 3 aromatic rings. The number of aliphatic hydroxyl groups is 1. The van der Waals surface area contributed by atoms with Crippen molar-refractivity contribution < 1.29 is 19.4 Å². The van der Waals surface area contributed by atoms with Crippen LogP contribution in [-0.2, 0) is 5.41 Å². The molecule has 2 N–H and O–H groups in total. The van der Waals surface area contributed by atoms with Crippen LogP contribution in [0.3, 0.4) is 0 Å². The van der Waals surface area contributed by atoms with Crippen molar-refractivity contribution in [3.8, 4) is 17.6 Å². The van der Waals surface area contributed by atoms with Gasteiger partial charge in [0.05, 0.1) is 30.4 Å². The molecule has 0 spiro atoms. The zero-order valence-corrected chi connectivity index (χ0v) is 16.6. The number of aliphatic hydroxyl groups excluding tert-OH is 1. The lowest BCUT2D eigenvalue weighted by Gasteiger charge is -2.32. The molecular formula is C23H22N2O4. The third kappa shape index (κ3) is 2.78. The minimum Gasteiger partial charge on any atom is -0.497 e. The number of nitrogens with zero attached hydrogens (tertiary/aromatic N) is 1. The fourth-order valence-electron chi connectivity index (χ4n) is 4.05. The van der Waals surface area contributed by atoms with E-state index in [9.17, 15) is 10.1 Å². The molecule has 1 heterocycles. The van der Waals surface area contributed by atoms with Gasteiger partial charge in [-0.1, -0.05) is 19.9 Å². The Balaban J connectivity index is 1.97. The van der Waals surface area contributed by atoms with Gasteiger partial charge in [0.25, 0.3) is 0 Å². The van der Waals surface area contributed by atoms with Gasteiger partial charge in [0.2, 0.25) is 0 Å². The number of carbonyl (C=O) groups is 1. The number of nitrogens with one attached hydrogen (secondary N) is 1. The molecule has 0 saturated carbocycles. The number of ketones is 1. The SMILES string of the molecule is COc1ccc2c(c1)C(C)(C)c1[nH]c3c(OCCCO)c(C#N)ccc3c1C2=O. The number of fused-ring (bicyclic) bond motifs is 4. The molecule has 1 aliphatic carbocycles. The molecule has 0 atom stereocenters. The number of benzene rings is 2. The maximum Gasteiger partial charge on any atom is 0.195 e. The van der Waals surface area contributed by atoms with Gasteiger partial charge in [-0.2, -0.15) is 5.26 Å². The van der Waals surface area contributed by atoms with E-state index in [2.05, 4.69) is 24.9 Å². The molecule has 1 aromatic heterocycles. The quantitative estimate of drug-likeness (QED) is 0.648. The van der Waals surface area contributed by atoms with E-state index in [4.69, 9.17) is 14.6 Å². The Morgan fingerprint density at radius 1 is 1.24 bits per heavy atom. The monoisotopic (exact) mass is 390 g/mol. The lowest BCUT2D eigenvalue weighted by atomic mass is 9.71. The summed E-state index contributed by atoms with van der Waals surface area (Å²) >= 11 is 0. The Morgan fingerprint density at radius 2 is 2.03 bits per heavy atom. The van der Waals surface area contributed by atoms with Gasteiger partial charge in [0, 0.05) is 35.1 Å². The predicted molar refractivity (Wildman–Crippen MR) is 109 cm³/mol. The van der Waals surface area contributed by atoms with Crippen molar-refractivity contribution >= 4 is 16.7 Å². The number of aromatic nitrogens is 1. The van der Waals surface area contributed by atoms with E-state index >= 15 is 0 Å². The summed E-state index contributed by atoms with van der Waals surface area (Å²) in [7, 11) is 1.60. The van der Waals surface area contributed by atoms with Gasteiger partial charge in [-0.05, 0) is 29.8 Å². The topological polar surface area (TPSA) is 95.3 Å². The van der Waals surface area contributed by atoms with Crippen LogP contribution in [0.1, 0.15) is 53.0 Å². The molecule has 0 bridgehead atoms. The first kappa shape index (κ1) is 19.0. The molecule has 1 aliphatic rings. The molecule has 6 heteroatoms. The first-order chi connectivity index (χ1) is 13.9. The first-order valence-corrected chi connectivity index (χ1v) is 9.50. The second-order valence-electron chi connectivity index (χ2n) is 7.64. The summed E-state index contributed by atoms with van der Waals surface area (Å²) in [5.41, 5.74) is 3.49. The summed E-state index contributed by atoms with van der Waals surface area (Å²) < 4.78 is 11.2. The predicted octanol–water partition coefficient (Wildman–Crippen LogP) is 3.68. The Hall–Kier alpha value is -3.30. The highest BCUT2D eigenvalue weighted by Gasteiger charge is 2.40. The van der Waals surface area contributed by atoms with E-state index < -0.39 is 5.41 Å². The smallest absolute Gasteiger partial charge is 0.195 e. The molecule has 148 valence electrons. The maximum absolute atomic E-state index is 13.4. The zero-order valence-electron chi connectivity index (χ0n) is 16.6. The second-order valence-corrected chi connectivity index (χ2v) is 7.64. The van der Waals surface area contributed by atoms with Gasteiger partial charge in [-0.3, -0.25) is 4.79 Å². The summed E-state index contributed by atoms with van der Waals surface area (Å²) in [6, 6.07) is 11.1. The summed E-state index contributed by atoms with van der Waals surface area (Å²) in [6.07, 6.45) is 0.456. The van der Waals surface area contributed by atoms with Gasteiger partial charge < -0.3 is 19.6 Å². The third-order valence-corrected chi connectivity index (χ3v) is 5.59. The maximum atomic E-state index is 13.4. The fourth-order valence-corrected chi connectivity index (χ4v) is 4.05. The van der Waals surface area contributed by atoms with Gasteiger partial charge in [0.1, 0.15) is 11.8 Å². The minimum absolute atomic E-state index is 0.00174. The highest BCUT2D eigenvalue weighted by Crippen LogP contribution is 2.46. The van der Waals surface area contributed by atoms with E-state index in [1.54, 1.807) is 25.3 Å². The molecular weight excluding hydrogens is 368 g/mol. The Kier molecular flexibility index (Phi) is 4.56. The van der Waals surface area contributed by atoms with Gasteiger partial charge in [-0.15, -0.1) is 0 Å². The fraction of sp³-hybridized carbons (Fsp3) is 0.304. The number of rotatable bonds is 5. The lowest BCUT2D eigenvalue weighted by molar-refractivity contribution is 0.103. The van der Waals surface area contributed by atoms with Crippen molar-refractivity contribution in [2.45, 2.75) is 25.7 Å². The summed E-state index contributed by atoms with van der Waals surface area (Å²) in [5, 5.41) is 19.3. The molecule has 0 radical (unpaired) electrons. The van der Waals surface area contributed by atoms with Gasteiger partial charge in [-0.25, -0.2) is 0 Å². The average Bonchev–Trinajstić information content (AvgIpc) is 3.13. The Morgan fingerprint density at radius 3 is 2.72 bits per heavy atom. The molecule has 0 saturated heterocycles. The summed E-state index contributed by atoms with van der Waals surface area (Å²) in [6.45, 7) is 4.40. The van der Waals surface area contributed by atoms with E-state index in [1.165, 1.54) is 0 Å². The number of ether oxygens (including phenoxy) is 2. The lowest BCUT2D eigenvalue weighted by Crippen LogP contribution is -2.30. The minimum atomic E-state index is -0.471. The van der Waals surface area contributed by atoms with Crippen molar-refractivity contribution in [1.82, 2.24) is 4.98 Å². The standard InChI is InChI=1S/C23H22N2O4/c1-23(2)17-11-14(28-3)6-8-15(17)20(27)18-16-7-5-13(12-24)21(29-10-4-9-26)19(16)25-22(18)23/h5-8,11,25-26H,4,9-10H2,1-3H3. The first-order valence-electron chi connectivity index (χ1n) is 9.50. The van der Waals surface area contributed by atoms with Crippen molar-refractivity contribution in [3.05, 3.63) is 58.3 Å². The van der Waals surface area contributed by atoms with Gasteiger partial charge >= 0.3 is 0 Å². The van der Waals surface area contributed by atoms with Crippen LogP contribution in [0.2, 0.25) is 0 Å². The third-order valence-electron chi connectivity index (χ3n) is 5.59. The van der Waals surface area contributed by atoms with E-state index in [0.717, 1.165) is 16.6 Å². The summed E-state index contributed by atoms with van der Waals surface area (Å²) in [4.78, 5) is 16.8. The van der Waals surface area contributed by atoms with E-state index in [0.29, 0.717) is 40.1 Å². The van der Waals surface area contributed by atoms with Crippen LogP contribution < -0.4 is 9.47 Å². The van der Waals surface area contributed by atoms with Crippen LogP contribution in [0.15, 0.2) is 30.3 Å². The van der Waals surface area contributed by atoms with Crippen LogP contribution in [0.4, 0.5) is 0 Å². The summed E-state index contributed by atoms with van der Waals surface area (Å²) in [5.74, 6) is 1.05. The van der Waals surface area contributed by atoms with Crippen molar-refractivity contribution in [1.29, 1.82) is 5.26 Å². The largest absolute Gasteiger partial charge is 0.497 e. The van der Waals surface area contributed by atoms with E-state index in [1.807, 2.05) is 12.1 Å². The zero-order chi connectivity index (χ0) is 20.8. The van der Waals surface area contributed by atoms with Gasteiger partial charge in [0.15, 0.2) is 11.5 Å². The van der Waals surface area contributed by atoms with Crippen molar-refractivity contribution in [3.63, 3.8) is 0 Å². The number of methoxy groups -OCH3 is 1. The molecule has 4 rings (SSSR count). The number of hydrogen-bond donors (Lipinski definition) is 2. The molecule has 29 heavy (non-hydrogen) atoms. The molecule has 2 aromatic carbocycles. The number of carbonyl (C=O) groups excluding carboxylic acids is 1. The van der Waals surface area contributed by atoms with Crippen molar-refractivity contribution in [2.24, 2.45) is 0 Å². The number of hydrogen-bond acceptors (Lipinski definition) is 5. The van der Waals surface area contributed by atoms with Crippen LogP contribution in [-0.4, -0.2) is 36.2 Å². The van der Waals surface area contributed by atoms with Crippen LogP contribution >= 0.6 is 0 Å². The molecule has 0 unspecified atom stereocenters. The van der Waals surface area contributed by atoms with Crippen LogP contribution in [0.25, 0.3) is 10.9 Å². The normalized spacial score (nSPS) is 14.2. The molecule has 0 amide bonds. The average molecular weight is 390 g/mol. The number of aromatic amines is 1. The Labute approximate surface area is 168 Å². The van der Waals surface area contributed by atoms with Crippen molar-refractivity contribution in [2.75, 3.05) is 20.3 Å². The second kappa shape index (κ2) is 6.94. The Bertz CT molecular complexity index is 1170. The highest BCUT2D eigenvalue weighted by atomic mass is 16.5. The molecule has 0 fully saturated rings. The van der Waals surface area contributed by atoms with E-state index in [-0.39, 0.29) is 19.0 Å².